The first-order valence-electron chi connectivity index (χ1n) is 7.95. The molecule has 24 heavy (non-hydrogen) atoms. The van der Waals surface area contributed by atoms with Gasteiger partial charge in [0.25, 0.3) is 5.91 Å². The zero-order chi connectivity index (χ0) is 16.6. The molecule has 4 rings (SSSR count). The molecule has 8 nitrogen and oxygen atoms in total. The van der Waals surface area contributed by atoms with Gasteiger partial charge in [0, 0.05) is 25.5 Å². The van der Waals surface area contributed by atoms with Crippen molar-refractivity contribution >= 4 is 5.91 Å². The highest BCUT2D eigenvalue weighted by molar-refractivity contribution is 5.86. The minimum atomic E-state index is -1.67. The summed E-state index contributed by atoms with van der Waals surface area (Å²) in [5, 5.41) is 8.21. The summed E-state index contributed by atoms with van der Waals surface area (Å²) in [7, 11) is 0. The quantitative estimate of drug-likeness (QED) is 0.826. The summed E-state index contributed by atoms with van der Waals surface area (Å²) in [6, 6.07) is 1.98. The minimum absolute atomic E-state index is 0.192. The lowest BCUT2D eigenvalue weighted by molar-refractivity contribution is -0.151. The Morgan fingerprint density at radius 3 is 2.75 bits per heavy atom. The number of halogens is 1. The van der Waals surface area contributed by atoms with Crippen LogP contribution in [-0.2, 0) is 24.5 Å². The molecule has 9 heteroatoms. The van der Waals surface area contributed by atoms with Crippen LogP contribution in [0.15, 0.2) is 18.5 Å². The molecule has 0 spiro atoms. The molecular formula is C15H17FN6O2. The Labute approximate surface area is 137 Å². The number of fused-ring (bicyclic) bond motifs is 1. The molecule has 2 aromatic heterocycles. The molecule has 0 saturated heterocycles. The second kappa shape index (κ2) is 5.81. The van der Waals surface area contributed by atoms with Crippen LogP contribution in [0.2, 0.25) is 0 Å². The number of rotatable bonds is 4. The van der Waals surface area contributed by atoms with Crippen LogP contribution in [0.3, 0.4) is 0 Å². The van der Waals surface area contributed by atoms with Gasteiger partial charge in [0.15, 0.2) is 23.9 Å². The van der Waals surface area contributed by atoms with Gasteiger partial charge in [-0.2, -0.15) is 0 Å². The first kappa shape index (κ1) is 15.0. The van der Waals surface area contributed by atoms with Crippen molar-refractivity contribution in [1.29, 1.82) is 0 Å². The van der Waals surface area contributed by atoms with Gasteiger partial charge in [-0.3, -0.25) is 4.79 Å². The predicted octanol–water partition coefficient (Wildman–Crippen LogP) is 0.881. The summed E-state index contributed by atoms with van der Waals surface area (Å²) in [6.45, 7) is 1.44. The SMILES string of the molecule is O=C(N1CCn2c(COc3ncccn3)nnc2C1)C1(F)CCC1. The number of alkyl halides is 1. The molecule has 0 radical (unpaired) electrons. The fourth-order valence-corrected chi connectivity index (χ4v) is 2.97. The lowest BCUT2D eigenvalue weighted by Crippen LogP contribution is -2.52. The Morgan fingerprint density at radius 2 is 2.04 bits per heavy atom. The summed E-state index contributed by atoms with van der Waals surface area (Å²) < 4.78 is 21.7. The number of hydrogen-bond acceptors (Lipinski definition) is 6. The van der Waals surface area contributed by atoms with Gasteiger partial charge in [0.05, 0.1) is 6.54 Å². The number of ether oxygens (including phenoxy) is 1. The Morgan fingerprint density at radius 1 is 1.25 bits per heavy atom. The average molecular weight is 332 g/mol. The van der Waals surface area contributed by atoms with Crippen molar-refractivity contribution < 1.29 is 13.9 Å². The first-order valence-corrected chi connectivity index (χ1v) is 7.95. The van der Waals surface area contributed by atoms with Crippen molar-refractivity contribution in [3.8, 4) is 6.01 Å². The summed E-state index contributed by atoms with van der Waals surface area (Å²) in [6.07, 6.45) is 4.61. The highest BCUT2D eigenvalue weighted by atomic mass is 19.1. The lowest BCUT2D eigenvalue weighted by atomic mass is 9.81. The number of hydrogen-bond donors (Lipinski definition) is 0. The normalized spacial score (nSPS) is 18.6. The third-order valence-electron chi connectivity index (χ3n) is 4.52. The maximum atomic E-state index is 14.3. The van der Waals surface area contributed by atoms with Crippen molar-refractivity contribution in [3.05, 3.63) is 30.1 Å². The smallest absolute Gasteiger partial charge is 0.316 e. The molecule has 0 aromatic carbocycles. The lowest BCUT2D eigenvalue weighted by Gasteiger charge is -2.38. The molecule has 3 heterocycles. The molecule has 2 aromatic rings. The van der Waals surface area contributed by atoms with E-state index >= 15 is 0 Å². The minimum Gasteiger partial charge on any atom is -0.455 e. The maximum absolute atomic E-state index is 14.3. The number of nitrogens with zero attached hydrogens (tertiary/aromatic N) is 6. The molecule has 0 N–H and O–H groups in total. The van der Waals surface area contributed by atoms with Crippen LogP contribution in [0, 0.1) is 0 Å². The maximum Gasteiger partial charge on any atom is 0.316 e. The van der Waals surface area contributed by atoms with E-state index < -0.39 is 11.6 Å². The van der Waals surface area contributed by atoms with Gasteiger partial charge in [-0.25, -0.2) is 14.4 Å². The molecule has 1 saturated carbocycles. The van der Waals surface area contributed by atoms with E-state index in [9.17, 15) is 9.18 Å². The van der Waals surface area contributed by atoms with E-state index in [-0.39, 0.29) is 19.2 Å². The molecule has 1 aliphatic heterocycles. The number of aromatic nitrogens is 5. The largest absolute Gasteiger partial charge is 0.455 e. The van der Waals surface area contributed by atoms with Crippen LogP contribution in [0.4, 0.5) is 4.39 Å². The van der Waals surface area contributed by atoms with E-state index in [2.05, 4.69) is 20.2 Å². The molecule has 2 aliphatic rings. The highest BCUT2D eigenvalue weighted by Gasteiger charge is 2.47. The van der Waals surface area contributed by atoms with Crippen LogP contribution >= 0.6 is 0 Å². The van der Waals surface area contributed by atoms with Crippen molar-refractivity contribution in [2.45, 2.75) is 44.6 Å². The Balaban J connectivity index is 1.43. The number of carbonyl (C=O) groups excluding carboxylic acids is 1. The van der Waals surface area contributed by atoms with Gasteiger partial charge >= 0.3 is 6.01 Å². The molecule has 126 valence electrons. The Hall–Kier alpha value is -2.58. The van der Waals surface area contributed by atoms with E-state index in [4.69, 9.17) is 4.74 Å². The third-order valence-corrected chi connectivity index (χ3v) is 4.52. The van der Waals surface area contributed by atoms with Crippen molar-refractivity contribution in [3.63, 3.8) is 0 Å². The van der Waals surface area contributed by atoms with Crippen LogP contribution in [0.25, 0.3) is 0 Å². The van der Waals surface area contributed by atoms with E-state index in [0.29, 0.717) is 37.6 Å². The van der Waals surface area contributed by atoms with Gasteiger partial charge in [0.2, 0.25) is 0 Å². The molecular weight excluding hydrogens is 315 g/mol. The topological polar surface area (TPSA) is 86.0 Å². The third kappa shape index (κ3) is 2.59. The zero-order valence-electron chi connectivity index (χ0n) is 13.1. The first-order chi connectivity index (χ1) is 11.7. The van der Waals surface area contributed by atoms with Crippen molar-refractivity contribution in [1.82, 2.24) is 29.6 Å². The fraction of sp³-hybridized carbons (Fsp3) is 0.533. The second-order valence-corrected chi connectivity index (χ2v) is 6.05. The fourth-order valence-electron chi connectivity index (χ4n) is 2.97. The summed E-state index contributed by atoms with van der Waals surface area (Å²) in [5.41, 5.74) is -1.67. The molecule has 1 fully saturated rings. The van der Waals surface area contributed by atoms with Gasteiger partial charge < -0.3 is 14.2 Å². The van der Waals surface area contributed by atoms with Crippen LogP contribution in [0.5, 0.6) is 6.01 Å². The predicted molar refractivity (Wildman–Crippen MR) is 79.5 cm³/mol. The van der Waals surface area contributed by atoms with E-state index in [1.807, 2.05) is 4.57 Å². The van der Waals surface area contributed by atoms with Gasteiger partial charge in [0.1, 0.15) is 0 Å². The van der Waals surface area contributed by atoms with Crippen molar-refractivity contribution in [2.75, 3.05) is 6.54 Å². The zero-order valence-corrected chi connectivity index (χ0v) is 13.1. The van der Waals surface area contributed by atoms with Crippen LogP contribution < -0.4 is 4.74 Å². The molecule has 1 amide bonds. The standard InChI is InChI=1S/C15H17FN6O2/c16-15(3-1-4-15)13(23)21-7-8-22-11(9-21)19-20-12(22)10-24-14-17-5-2-6-18-14/h2,5-6H,1,3-4,7-10H2. The second-order valence-electron chi connectivity index (χ2n) is 6.05. The monoisotopic (exact) mass is 332 g/mol. The van der Waals surface area contributed by atoms with Gasteiger partial charge in [-0.1, -0.05) is 0 Å². The Kier molecular flexibility index (Phi) is 3.62. The number of amides is 1. The van der Waals surface area contributed by atoms with Crippen LogP contribution in [0.1, 0.15) is 30.9 Å². The number of carbonyl (C=O) groups is 1. The Bertz CT molecular complexity index is 746. The molecule has 0 bridgehead atoms. The molecule has 1 aliphatic carbocycles. The van der Waals surface area contributed by atoms with E-state index in [1.54, 1.807) is 18.5 Å². The summed E-state index contributed by atoms with van der Waals surface area (Å²) >= 11 is 0. The van der Waals surface area contributed by atoms with E-state index in [0.717, 1.165) is 6.42 Å². The highest BCUT2D eigenvalue weighted by Crippen LogP contribution is 2.38. The molecule has 0 unspecified atom stereocenters. The van der Waals surface area contributed by atoms with Crippen molar-refractivity contribution in [2.24, 2.45) is 0 Å². The van der Waals surface area contributed by atoms with E-state index in [1.165, 1.54) is 4.90 Å². The van der Waals surface area contributed by atoms with Gasteiger partial charge in [-0.05, 0) is 25.3 Å². The average Bonchev–Trinajstić information content (AvgIpc) is 3.00. The van der Waals surface area contributed by atoms with Crippen LogP contribution in [-0.4, -0.2) is 47.8 Å². The van der Waals surface area contributed by atoms with Gasteiger partial charge in [-0.15, -0.1) is 10.2 Å². The summed E-state index contributed by atoms with van der Waals surface area (Å²) in [5.74, 6) is 0.867. The summed E-state index contributed by atoms with van der Waals surface area (Å²) in [4.78, 5) is 21.8. The molecule has 0 atom stereocenters.